The Kier molecular flexibility index (Phi) is 7.47. The molecule has 0 amide bonds. The fraction of sp³-hybridized carbons (Fsp3) is 0.455. The molecular formula is C22H29N5O6S2. The van der Waals surface area contributed by atoms with Crippen LogP contribution in [0.1, 0.15) is 43.4 Å². The number of rotatable bonds is 11. The summed E-state index contributed by atoms with van der Waals surface area (Å²) in [5.74, 6) is 0.737. The highest BCUT2D eigenvalue weighted by Crippen LogP contribution is 2.35. The molecular weight excluding hydrogens is 494 g/mol. The van der Waals surface area contributed by atoms with Gasteiger partial charge in [0.05, 0.1) is 31.6 Å². The van der Waals surface area contributed by atoms with Crippen molar-refractivity contribution in [3.63, 3.8) is 0 Å². The molecule has 35 heavy (non-hydrogen) atoms. The number of nitrogens with one attached hydrogen (secondary N) is 2. The van der Waals surface area contributed by atoms with Crippen LogP contribution in [-0.2, 0) is 33.1 Å². The van der Waals surface area contributed by atoms with E-state index in [0.29, 0.717) is 29.0 Å². The van der Waals surface area contributed by atoms with E-state index < -0.39 is 20.0 Å². The lowest BCUT2D eigenvalue weighted by Crippen LogP contribution is -2.24. The number of hydrogen-bond acceptors (Lipinski definition) is 8. The Balaban J connectivity index is 1.50. The Labute approximate surface area is 204 Å². The fourth-order valence-electron chi connectivity index (χ4n) is 4.27. The van der Waals surface area contributed by atoms with E-state index in [2.05, 4.69) is 26.3 Å². The molecule has 2 heterocycles. The number of sulfonamides is 2. The topological polar surface area (TPSA) is 145 Å². The van der Waals surface area contributed by atoms with E-state index in [1.165, 1.54) is 7.11 Å². The normalized spacial score (nSPS) is 15.3. The highest BCUT2D eigenvalue weighted by atomic mass is 32.2. The molecule has 190 valence electrons. The number of benzene rings is 1. The second-order valence-corrected chi connectivity index (χ2v) is 12.1. The van der Waals surface area contributed by atoms with Crippen LogP contribution in [-0.4, -0.2) is 44.6 Å². The first-order valence-electron chi connectivity index (χ1n) is 11.3. The monoisotopic (exact) mass is 523 g/mol. The second kappa shape index (κ2) is 10.4. The highest BCUT2D eigenvalue weighted by molar-refractivity contribution is 7.92. The zero-order valence-electron chi connectivity index (χ0n) is 19.4. The molecule has 2 N–H and O–H groups in total. The van der Waals surface area contributed by atoms with Crippen molar-refractivity contribution < 1.29 is 26.1 Å². The van der Waals surface area contributed by atoms with Crippen molar-refractivity contribution in [1.82, 2.24) is 19.7 Å². The van der Waals surface area contributed by atoms with Gasteiger partial charge in [0, 0.05) is 11.6 Å². The number of aromatic nitrogens is 3. The van der Waals surface area contributed by atoms with Gasteiger partial charge in [-0.2, -0.15) is 5.10 Å². The summed E-state index contributed by atoms with van der Waals surface area (Å²) in [4.78, 5) is 0. The van der Waals surface area contributed by atoms with Gasteiger partial charge in [-0.05, 0) is 42.5 Å². The average Bonchev–Trinajstić information content (AvgIpc) is 3.44. The maximum Gasteiger partial charge on any atom is 0.234 e. The number of methoxy groups -OCH3 is 1. The average molecular weight is 524 g/mol. The summed E-state index contributed by atoms with van der Waals surface area (Å²) in [6.07, 6.45) is 6.84. The molecule has 0 saturated heterocycles. The summed E-state index contributed by atoms with van der Waals surface area (Å²) >= 11 is 0. The maximum atomic E-state index is 12.8. The van der Waals surface area contributed by atoms with Gasteiger partial charge in [0.25, 0.3) is 0 Å². The van der Waals surface area contributed by atoms with E-state index in [1.54, 1.807) is 29.1 Å². The molecule has 0 bridgehead atoms. The lowest BCUT2D eigenvalue weighted by molar-refractivity contribution is 0.385. The molecule has 0 unspecified atom stereocenters. The standard InChI is InChI=1S/C22H29N5O6S2/c1-3-34(28,29)23-13-18-9-10-27(24-18)14-17-11-19(32-2)21-20(12-17)33-25-22(21)26-35(30,31)15-16-7-5-4-6-8-16/h3,9-12,16,23H,1,4-8,13-15H2,2H3,(H,25,26). The lowest BCUT2D eigenvalue weighted by Gasteiger charge is -2.21. The van der Waals surface area contributed by atoms with Crippen molar-refractivity contribution in [2.45, 2.75) is 45.2 Å². The van der Waals surface area contributed by atoms with Gasteiger partial charge in [-0.25, -0.2) is 21.6 Å². The first-order chi connectivity index (χ1) is 16.7. The largest absolute Gasteiger partial charge is 0.496 e. The minimum atomic E-state index is -3.59. The highest BCUT2D eigenvalue weighted by Gasteiger charge is 2.24. The van der Waals surface area contributed by atoms with Gasteiger partial charge in [0.2, 0.25) is 20.0 Å². The molecule has 2 aromatic heterocycles. The molecule has 0 atom stereocenters. The number of ether oxygens (including phenoxy) is 1. The predicted octanol–water partition coefficient (Wildman–Crippen LogP) is 2.97. The minimum Gasteiger partial charge on any atom is -0.496 e. The molecule has 0 aliphatic heterocycles. The van der Waals surface area contributed by atoms with Crippen molar-refractivity contribution in [3.05, 3.63) is 47.6 Å². The molecule has 0 radical (unpaired) electrons. The summed E-state index contributed by atoms with van der Waals surface area (Å²) in [7, 11) is -5.64. The quantitative estimate of drug-likeness (QED) is 0.390. The number of hydrogen-bond donors (Lipinski definition) is 2. The van der Waals surface area contributed by atoms with Crippen LogP contribution in [0.4, 0.5) is 5.82 Å². The van der Waals surface area contributed by atoms with Crippen molar-refractivity contribution in [3.8, 4) is 5.75 Å². The van der Waals surface area contributed by atoms with Crippen LogP contribution in [0.5, 0.6) is 5.75 Å². The molecule has 3 aromatic rings. The van der Waals surface area contributed by atoms with Gasteiger partial charge in [-0.15, -0.1) is 0 Å². The summed E-state index contributed by atoms with van der Waals surface area (Å²) in [5.41, 5.74) is 1.70. The van der Waals surface area contributed by atoms with Crippen LogP contribution in [0.3, 0.4) is 0 Å². The summed E-state index contributed by atoms with van der Waals surface area (Å²) < 4.78 is 66.1. The molecule has 13 heteroatoms. The molecule has 1 fully saturated rings. The Morgan fingerprint density at radius 2 is 2.00 bits per heavy atom. The zero-order valence-corrected chi connectivity index (χ0v) is 21.1. The van der Waals surface area contributed by atoms with Crippen molar-refractivity contribution in [2.75, 3.05) is 17.6 Å². The Morgan fingerprint density at radius 1 is 1.23 bits per heavy atom. The Morgan fingerprint density at radius 3 is 2.71 bits per heavy atom. The molecule has 1 saturated carbocycles. The van der Waals surface area contributed by atoms with E-state index in [0.717, 1.165) is 43.1 Å². The van der Waals surface area contributed by atoms with Crippen LogP contribution in [0.15, 0.2) is 40.9 Å². The van der Waals surface area contributed by atoms with E-state index in [1.807, 2.05) is 0 Å². The summed E-state index contributed by atoms with van der Waals surface area (Å²) in [6.45, 7) is 3.64. The SMILES string of the molecule is C=CS(=O)(=O)NCc1ccn(Cc2cc(OC)c3c(NS(=O)(=O)CC4CCCCC4)noc3c2)n1. The molecule has 11 nitrogen and oxygen atoms in total. The maximum absolute atomic E-state index is 12.8. The summed E-state index contributed by atoms with van der Waals surface area (Å²) in [5, 5.41) is 9.60. The smallest absolute Gasteiger partial charge is 0.234 e. The molecule has 1 aliphatic rings. The van der Waals surface area contributed by atoms with Crippen molar-refractivity contribution in [2.24, 2.45) is 5.92 Å². The van der Waals surface area contributed by atoms with Gasteiger partial charge in [-0.3, -0.25) is 9.40 Å². The van der Waals surface area contributed by atoms with Gasteiger partial charge in [0.15, 0.2) is 11.4 Å². The van der Waals surface area contributed by atoms with Crippen molar-refractivity contribution >= 4 is 36.8 Å². The van der Waals surface area contributed by atoms with Crippen LogP contribution in [0, 0.1) is 5.92 Å². The van der Waals surface area contributed by atoms with Crippen LogP contribution >= 0.6 is 0 Å². The van der Waals surface area contributed by atoms with Gasteiger partial charge >= 0.3 is 0 Å². The van der Waals surface area contributed by atoms with E-state index in [4.69, 9.17) is 9.26 Å². The molecule has 4 rings (SSSR count). The summed E-state index contributed by atoms with van der Waals surface area (Å²) in [6, 6.07) is 5.21. The number of anilines is 1. The second-order valence-electron chi connectivity index (χ2n) is 8.63. The first-order valence-corrected chi connectivity index (χ1v) is 14.5. The Bertz CT molecular complexity index is 1410. The predicted molar refractivity (Wildman–Crippen MR) is 132 cm³/mol. The number of nitrogens with zero attached hydrogens (tertiary/aromatic N) is 3. The fourth-order valence-corrected chi connectivity index (χ4v) is 6.21. The van der Waals surface area contributed by atoms with E-state index in [-0.39, 0.29) is 24.0 Å². The third kappa shape index (κ3) is 6.41. The first kappa shape index (κ1) is 25.2. The van der Waals surface area contributed by atoms with Gasteiger partial charge < -0.3 is 9.26 Å². The molecule has 0 spiro atoms. The van der Waals surface area contributed by atoms with E-state index in [9.17, 15) is 16.8 Å². The number of fused-ring (bicyclic) bond motifs is 1. The molecule has 1 aromatic carbocycles. The Hall–Kier alpha value is -2.90. The van der Waals surface area contributed by atoms with Crippen LogP contribution in [0.2, 0.25) is 0 Å². The zero-order chi connectivity index (χ0) is 25.1. The lowest BCUT2D eigenvalue weighted by atomic mass is 9.91. The van der Waals surface area contributed by atoms with Gasteiger partial charge in [0.1, 0.15) is 11.1 Å². The van der Waals surface area contributed by atoms with Crippen LogP contribution in [0.25, 0.3) is 11.0 Å². The minimum absolute atomic E-state index is 0.0379. The molecule has 1 aliphatic carbocycles. The van der Waals surface area contributed by atoms with Crippen LogP contribution < -0.4 is 14.2 Å². The van der Waals surface area contributed by atoms with Crippen molar-refractivity contribution in [1.29, 1.82) is 0 Å². The third-order valence-corrected chi connectivity index (χ3v) is 8.36. The third-order valence-electron chi connectivity index (χ3n) is 5.96. The van der Waals surface area contributed by atoms with Gasteiger partial charge in [-0.1, -0.05) is 31.0 Å². The van der Waals surface area contributed by atoms with E-state index >= 15 is 0 Å².